The summed E-state index contributed by atoms with van der Waals surface area (Å²) in [5, 5.41) is 9.67. The van der Waals surface area contributed by atoms with Gasteiger partial charge in [-0.3, -0.25) is 4.68 Å². The van der Waals surface area contributed by atoms with Gasteiger partial charge in [-0.15, -0.1) is 0 Å². The lowest BCUT2D eigenvalue weighted by atomic mass is 9.80. The van der Waals surface area contributed by atoms with E-state index in [1.165, 1.54) is 43.0 Å². The number of para-hydroxylation sites is 1. The fourth-order valence-corrected chi connectivity index (χ4v) is 3.93. The highest BCUT2D eigenvalue weighted by atomic mass is 15.3. The van der Waals surface area contributed by atoms with Crippen LogP contribution in [-0.4, -0.2) is 22.4 Å². The molecular formula is C18H27N3. The van der Waals surface area contributed by atoms with E-state index in [9.17, 15) is 0 Å². The molecule has 1 aliphatic rings. The molecule has 2 aromatic rings. The van der Waals surface area contributed by atoms with E-state index in [-0.39, 0.29) is 0 Å². The third-order valence-corrected chi connectivity index (χ3v) is 4.91. The number of nitrogens with zero attached hydrogens (tertiary/aromatic N) is 2. The first-order valence-corrected chi connectivity index (χ1v) is 8.49. The largest absolute Gasteiger partial charge is 0.312 e. The van der Waals surface area contributed by atoms with Crippen LogP contribution in [0.15, 0.2) is 30.5 Å². The molecule has 1 heterocycles. The van der Waals surface area contributed by atoms with Gasteiger partial charge in [-0.05, 0) is 37.8 Å². The zero-order valence-corrected chi connectivity index (χ0v) is 13.3. The minimum absolute atomic E-state index is 0.496. The van der Waals surface area contributed by atoms with Crippen LogP contribution in [0.3, 0.4) is 0 Å². The molecule has 3 atom stereocenters. The van der Waals surface area contributed by atoms with E-state index in [1.807, 2.05) is 6.20 Å². The monoisotopic (exact) mass is 285 g/mol. The molecule has 3 heteroatoms. The van der Waals surface area contributed by atoms with Crippen molar-refractivity contribution < 1.29 is 0 Å². The van der Waals surface area contributed by atoms with E-state index in [2.05, 4.69) is 48.1 Å². The maximum absolute atomic E-state index is 4.72. The molecule has 0 bridgehead atoms. The molecule has 3 rings (SSSR count). The molecule has 0 saturated heterocycles. The predicted octanol–water partition coefficient (Wildman–Crippen LogP) is 4.16. The molecule has 0 amide bonds. The summed E-state index contributed by atoms with van der Waals surface area (Å²) in [6.45, 7) is 5.55. The number of hydrogen-bond acceptors (Lipinski definition) is 2. The minimum atomic E-state index is 0.496. The third kappa shape index (κ3) is 2.98. The highest BCUT2D eigenvalue weighted by Gasteiger charge is 2.31. The standard InChI is InChI=1S/C18H27N3/c1-3-7-14-10-11-16(19-4-2)18(12-14)21-17-9-6-5-8-15(17)13-20-21/h5-6,8-9,13-14,16,18-19H,3-4,7,10-12H2,1-2H3. The first kappa shape index (κ1) is 14.6. The normalized spacial score (nSPS) is 26.3. The lowest BCUT2D eigenvalue weighted by molar-refractivity contribution is 0.192. The Labute approximate surface area is 127 Å². The molecule has 1 aromatic carbocycles. The lowest BCUT2D eigenvalue weighted by Gasteiger charge is -2.37. The average Bonchev–Trinajstić information content (AvgIpc) is 2.93. The molecule has 21 heavy (non-hydrogen) atoms. The molecule has 0 aliphatic heterocycles. The Kier molecular flexibility index (Phi) is 4.59. The Hall–Kier alpha value is -1.35. The van der Waals surface area contributed by atoms with Crippen molar-refractivity contribution in [3.05, 3.63) is 30.5 Å². The SMILES string of the molecule is CCCC1CCC(NCC)C(n2ncc3ccccc32)C1. The number of hydrogen-bond donors (Lipinski definition) is 1. The van der Waals surface area contributed by atoms with Gasteiger partial charge < -0.3 is 5.32 Å². The predicted molar refractivity (Wildman–Crippen MR) is 88.5 cm³/mol. The van der Waals surface area contributed by atoms with Crippen molar-refractivity contribution in [2.24, 2.45) is 5.92 Å². The third-order valence-electron chi connectivity index (χ3n) is 4.91. The second-order valence-electron chi connectivity index (χ2n) is 6.35. The van der Waals surface area contributed by atoms with Crippen molar-refractivity contribution in [1.82, 2.24) is 15.1 Å². The summed E-state index contributed by atoms with van der Waals surface area (Å²) >= 11 is 0. The quantitative estimate of drug-likeness (QED) is 0.894. The van der Waals surface area contributed by atoms with Gasteiger partial charge in [-0.2, -0.15) is 5.10 Å². The maximum atomic E-state index is 4.72. The Bertz CT molecular complexity index is 575. The second kappa shape index (κ2) is 6.61. The van der Waals surface area contributed by atoms with Crippen LogP contribution in [0.4, 0.5) is 0 Å². The molecule has 1 fully saturated rings. The van der Waals surface area contributed by atoms with Gasteiger partial charge in [-0.25, -0.2) is 0 Å². The molecule has 1 N–H and O–H groups in total. The highest BCUT2D eigenvalue weighted by molar-refractivity contribution is 5.78. The van der Waals surface area contributed by atoms with Gasteiger partial charge >= 0.3 is 0 Å². The topological polar surface area (TPSA) is 29.9 Å². The molecule has 3 nitrogen and oxygen atoms in total. The number of nitrogens with one attached hydrogen (secondary N) is 1. The molecular weight excluding hydrogens is 258 g/mol. The van der Waals surface area contributed by atoms with Gasteiger partial charge in [0.15, 0.2) is 0 Å². The fourth-order valence-electron chi connectivity index (χ4n) is 3.93. The minimum Gasteiger partial charge on any atom is -0.312 e. The van der Waals surface area contributed by atoms with Crippen LogP contribution in [-0.2, 0) is 0 Å². The molecule has 1 aromatic heterocycles. The van der Waals surface area contributed by atoms with Crippen LogP contribution in [0.1, 0.15) is 52.0 Å². The van der Waals surface area contributed by atoms with Gasteiger partial charge in [-0.1, -0.05) is 44.9 Å². The molecule has 3 unspecified atom stereocenters. The first-order valence-electron chi connectivity index (χ1n) is 8.49. The van der Waals surface area contributed by atoms with Crippen LogP contribution in [0.5, 0.6) is 0 Å². The maximum Gasteiger partial charge on any atom is 0.0686 e. The summed E-state index contributed by atoms with van der Waals surface area (Å²) in [7, 11) is 0. The van der Waals surface area contributed by atoms with Crippen molar-refractivity contribution in [3.8, 4) is 0 Å². The van der Waals surface area contributed by atoms with E-state index >= 15 is 0 Å². The summed E-state index contributed by atoms with van der Waals surface area (Å²) in [5.41, 5.74) is 1.28. The van der Waals surface area contributed by atoms with Gasteiger partial charge in [0.1, 0.15) is 0 Å². The van der Waals surface area contributed by atoms with E-state index in [0.717, 1.165) is 12.5 Å². The number of fused-ring (bicyclic) bond motifs is 1. The van der Waals surface area contributed by atoms with Gasteiger partial charge in [0, 0.05) is 11.4 Å². The molecule has 1 saturated carbocycles. The van der Waals surface area contributed by atoms with Crippen molar-refractivity contribution in [3.63, 3.8) is 0 Å². The average molecular weight is 285 g/mol. The Balaban J connectivity index is 1.90. The van der Waals surface area contributed by atoms with Crippen molar-refractivity contribution >= 4 is 10.9 Å². The Morgan fingerprint density at radius 3 is 2.90 bits per heavy atom. The van der Waals surface area contributed by atoms with Crippen LogP contribution in [0.25, 0.3) is 10.9 Å². The van der Waals surface area contributed by atoms with E-state index in [4.69, 9.17) is 5.10 Å². The summed E-state index contributed by atoms with van der Waals surface area (Å²) in [6.07, 6.45) is 8.56. The summed E-state index contributed by atoms with van der Waals surface area (Å²) < 4.78 is 2.28. The molecule has 114 valence electrons. The van der Waals surface area contributed by atoms with E-state index in [0.29, 0.717) is 12.1 Å². The highest BCUT2D eigenvalue weighted by Crippen LogP contribution is 2.36. The van der Waals surface area contributed by atoms with Crippen molar-refractivity contribution in [2.45, 2.75) is 58.0 Å². The number of benzene rings is 1. The van der Waals surface area contributed by atoms with Crippen molar-refractivity contribution in [2.75, 3.05) is 6.54 Å². The number of rotatable bonds is 5. The fraction of sp³-hybridized carbons (Fsp3) is 0.611. The first-order chi connectivity index (χ1) is 10.3. The van der Waals surface area contributed by atoms with Gasteiger partial charge in [0.25, 0.3) is 0 Å². The molecule has 0 spiro atoms. The van der Waals surface area contributed by atoms with Crippen LogP contribution in [0, 0.1) is 5.92 Å². The molecule has 0 radical (unpaired) electrons. The van der Waals surface area contributed by atoms with Gasteiger partial charge in [0.2, 0.25) is 0 Å². The smallest absolute Gasteiger partial charge is 0.0686 e. The Morgan fingerprint density at radius 1 is 1.24 bits per heavy atom. The van der Waals surface area contributed by atoms with E-state index < -0.39 is 0 Å². The van der Waals surface area contributed by atoms with E-state index in [1.54, 1.807) is 0 Å². The summed E-state index contributed by atoms with van der Waals surface area (Å²) in [5.74, 6) is 0.859. The molecule has 1 aliphatic carbocycles. The van der Waals surface area contributed by atoms with Gasteiger partial charge in [0.05, 0.1) is 17.8 Å². The zero-order chi connectivity index (χ0) is 14.7. The summed E-state index contributed by atoms with van der Waals surface area (Å²) in [4.78, 5) is 0. The number of likely N-dealkylation sites (N-methyl/N-ethyl adjacent to an activating group) is 1. The van der Waals surface area contributed by atoms with Crippen LogP contribution in [0.2, 0.25) is 0 Å². The van der Waals surface area contributed by atoms with Crippen LogP contribution >= 0.6 is 0 Å². The van der Waals surface area contributed by atoms with Crippen molar-refractivity contribution in [1.29, 1.82) is 0 Å². The summed E-state index contributed by atoms with van der Waals surface area (Å²) in [6, 6.07) is 9.63. The second-order valence-corrected chi connectivity index (χ2v) is 6.35. The zero-order valence-electron chi connectivity index (χ0n) is 13.3. The Morgan fingerprint density at radius 2 is 2.10 bits per heavy atom. The number of aromatic nitrogens is 2. The lowest BCUT2D eigenvalue weighted by Crippen LogP contribution is -2.42. The van der Waals surface area contributed by atoms with Crippen LogP contribution < -0.4 is 5.32 Å².